The summed E-state index contributed by atoms with van der Waals surface area (Å²) in [7, 11) is -2.57. The molecule has 1 N–H and O–H groups in total. The second-order valence-corrected chi connectivity index (χ2v) is 4.40. The normalized spacial score (nSPS) is 10.5. The standard InChI is InChI=1S/C12H8N4O2S/c17-19(18)16-12-14-9-6-7-13-11(9)10(15-12)8-4-2-1-3-5-8/h1-7,13H. The van der Waals surface area contributed by atoms with Crippen LogP contribution >= 0.6 is 0 Å². The molecule has 0 aliphatic heterocycles. The topological polar surface area (TPSA) is 88.1 Å². The van der Waals surface area contributed by atoms with Crippen LogP contribution in [0.2, 0.25) is 0 Å². The Hall–Kier alpha value is -2.54. The maximum absolute atomic E-state index is 10.6. The number of aromatic nitrogens is 3. The van der Waals surface area contributed by atoms with Gasteiger partial charge in [-0.05, 0) is 6.07 Å². The highest BCUT2D eigenvalue weighted by Crippen LogP contribution is 2.26. The zero-order chi connectivity index (χ0) is 13.2. The van der Waals surface area contributed by atoms with Crippen LogP contribution in [0.1, 0.15) is 0 Å². The number of benzene rings is 1. The molecule has 0 aliphatic carbocycles. The molecule has 0 spiro atoms. The SMILES string of the molecule is O=S(=O)=Nc1nc(-c2ccccc2)c2[nH]ccc2n1. The summed E-state index contributed by atoms with van der Waals surface area (Å²) in [4.78, 5) is 11.3. The molecule has 0 aliphatic rings. The highest BCUT2D eigenvalue weighted by molar-refractivity contribution is 7.61. The van der Waals surface area contributed by atoms with Crippen LogP contribution in [0.25, 0.3) is 22.3 Å². The number of fused-ring (bicyclic) bond motifs is 1. The van der Waals surface area contributed by atoms with Gasteiger partial charge in [-0.15, -0.1) is 0 Å². The van der Waals surface area contributed by atoms with Crippen molar-refractivity contribution < 1.29 is 8.42 Å². The third-order valence-corrected chi connectivity index (χ3v) is 2.91. The summed E-state index contributed by atoms with van der Waals surface area (Å²) in [5.41, 5.74) is 2.87. The fourth-order valence-corrected chi connectivity index (χ4v) is 2.06. The van der Waals surface area contributed by atoms with Gasteiger partial charge in [0.25, 0.3) is 5.95 Å². The molecule has 0 saturated carbocycles. The van der Waals surface area contributed by atoms with E-state index >= 15 is 0 Å². The molecular formula is C12H8N4O2S. The van der Waals surface area contributed by atoms with Crippen LogP contribution in [-0.2, 0) is 10.5 Å². The first-order chi connectivity index (χ1) is 9.24. The van der Waals surface area contributed by atoms with Crippen LogP contribution in [0.15, 0.2) is 47.0 Å². The molecule has 19 heavy (non-hydrogen) atoms. The maximum Gasteiger partial charge on any atom is 0.319 e. The minimum Gasteiger partial charge on any atom is -0.358 e. The number of H-pyrrole nitrogens is 1. The maximum atomic E-state index is 10.6. The molecule has 0 amide bonds. The Kier molecular flexibility index (Phi) is 2.81. The van der Waals surface area contributed by atoms with Gasteiger partial charge in [-0.3, -0.25) is 0 Å². The number of aromatic amines is 1. The quantitative estimate of drug-likeness (QED) is 0.775. The summed E-state index contributed by atoms with van der Waals surface area (Å²) in [6.07, 6.45) is 1.73. The minimum atomic E-state index is -2.57. The van der Waals surface area contributed by atoms with E-state index in [2.05, 4.69) is 19.3 Å². The fraction of sp³-hybridized carbons (Fsp3) is 0. The van der Waals surface area contributed by atoms with E-state index in [1.54, 1.807) is 12.3 Å². The number of hydrogen-bond acceptors (Lipinski definition) is 5. The Morgan fingerprint density at radius 1 is 1.05 bits per heavy atom. The molecule has 1 aromatic carbocycles. The van der Waals surface area contributed by atoms with Gasteiger partial charge in [0.1, 0.15) is 5.69 Å². The third kappa shape index (κ3) is 2.23. The van der Waals surface area contributed by atoms with Crippen LogP contribution in [0.4, 0.5) is 5.95 Å². The van der Waals surface area contributed by atoms with E-state index in [0.717, 1.165) is 11.1 Å². The van der Waals surface area contributed by atoms with Crippen molar-refractivity contribution in [2.75, 3.05) is 0 Å². The molecule has 3 rings (SSSR count). The number of nitrogens with zero attached hydrogens (tertiary/aromatic N) is 3. The Balaban J connectivity index is 2.33. The van der Waals surface area contributed by atoms with Crippen LogP contribution in [0.5, 0.6) is 0 Å². The monoisotopic (exact) mass is 272 g/mol. The molecule has 0 atom stereocenters. The van der Waals surface area contributed by atoms with Crippen molar-refractivity contribution in [2.45, 2.75) is 0 Å². The van der Waals surface area contributed by atoms with Crippen molar-refractivity contribution in [2.24, 2.45) is 4.36 Å². The fourth-order valence-electron chi connectivity index (χ4n) is 1.85. The Morgan fingerprint density at radius 2 is 1.84 bits per heavy atom. The van der Waals surface area contributed by atoms with E-state index in [0.29, 0.717) is 11.2 Å². The first-order valence-electron chi connectivity index (χ1n) is 5.46. The first-order valence-corrected chi connectivity index (χ1v) is 6.49. The largest absolute Gasteiger partial charge is 0.358 e. The summed E-state index contributed by atoms with van der Waals surface area (Å²) in [5.74, 6) is -0.0701. The molecular weight excluding hydrogens is 264 g/mol. The summed E-state index contributed by atoms with van der Waals surface area (Å²) in [6.45, 7) is 0. The lowest BCUT2D eigenvalue weighted by molar-refractivity contribution is 0.622. The van der Waals surface area contributed by atoms with Crippen molar-refractivity contribution in [1.82, 2.24) is 15.0 Å². The number of hydrogen-bond donors (Lipinski definition) is 1. The lowest BCUT2D eigenvalue weighted by Gasteiger charge is -2.02. The first kappa shape index (κ1) is 11.5. The second kappa shape index (κ2) is 4.62. The zero-order valence-corrected chi connectivity index (χ0v) is 10.4. The van der Waals surface area contributed by atoms with Crippen molar-refractivity contribution in [3.63, 3.8) is 0 Å². The smallest absolute Gasteiger partial charge is 0.319 e. The highest BCUT2D eigenvalue weighted by Gasteiger charge is 2.10. The molecule has 0 saturated heterocycles. The van der Waals surface area contributed by atoms with Crippen molar-refractivity contribution in [3.05, 3.63) is 42.6 Å². The van der Waals surface area contributed by atoms with Crippen molar-refractivity contribution in [1.29, 1.82) is 0 Å². The van der Waals surface area contributed by atoms with Crippen molar-refractivity contribution in [3.8, 4) is 11.3 Å². The van der Waals surface area contributed by atoms with Crippen LogP contribution < -0.4 is 0 Å². The lowest BCUT2D eigenvalue weighted by atomic mass is 10.1. The van der Waals surface area contributed by atoms with Gasteiger partial charge in [0, 0.05) is 11.8 Å². The van der Waals surface area contributed by atoms with Gasteiger partial charge < -0.3 is 4.98 Å². The van der Waals surface area contributed by atoms with E-state index in [1.165, 1.54) is 0 Å². The van der Waals surface area contributed by atoms with Crippen molar-refractivity contribution >= 4 is 27.5 Å². The molecule has 94 valence electrons. The van der Waals surface area contributed by atoms with Gasteiger partial charge in [0.15, 0.2) is 0 Å². The van der Waals surface area contributed by atoms with E-state index in [9.17, 15) is 8.42 Å². The number of nitrogens with one attached hydrogen (secondary N) is 1. The second-order valence-electron chi connectivity index (χ2n) is 3.78. The predicted molar refractivity (Wildman–Crippen MR) is 70.3 cm³/mol. The molecule has 6 nitrogen and oxygen atoms in total. The molecule has 0 fully saturated rings. The third-order valence-electron chi connectivity index (χ3n) is 2.60. The van der Waals surface area contributed by atoms with Crippen LogP contribution in [-0.4, -0.2) is 23.4 Å². The predicted octanol–water partition coefficient (Wildman–Crippen LogP) is 2.32. The molecule has 2 aromatic heterocycles. The molecule has 0 bridgehead atoms. The summed E-state index contributed by atoms with van der Waals surface area (Å²) < 4.78 is 24.6. The molecule has 3 aromatic rings. The van der Waals surface area contributed by atoms with Gasteiger partial charge >= 0.3 is 10.5 Å². The summed E-state index contributed by atoms with van der Waals surface area (Å²) in [5, 5.41) is 0. The van der Waals surface area contributed by atoms with E-state index in [1.807, 2.05) is 30.3 Å². The molecule has 0 radical (unpaired) electrons. The lowest BCUT2D eigenvalue weighted by Crippen LogP contribution is -1.89. The molecule has 7 heteroatoms. The minimum absolute atomic E-state index is 0.0701. The van der Waals surface area contributed by atoms with Gasteiger partial charge in [-0.25, -0.2) is 9.97 Å². The van der Waals surface area contributed by atoms with Gasteiger partial charge in [0.2, 0.25) is 0 Å². The molecule has 2 heterocycles. The van der Waals surface area contributed by atoms with Crippen LogP contribution in [0.3, 0.4) is 0 Å². The van der Waals surface area contributed by atoms with E-state index < -0.39 is 10.5 Å². The van der Waals surface area contributed by atoms with Gasteiger partial charge in [-0.1, -0.05) is 34.7 Å². The number of rotatable bonds is 2. The molecule has 0 unspecified atom stereocenters. The van der Waals surface area contributed by atoms with E-state index in [-0.39, 0.29) is 5.95 Å². The Labute approximate surface area is 109 Å². The Bertz CT molecular complexity index is 861. The van der Waals surface area contributed by atoms with E-state index in [4.69, 9.17) is 0 Å². The van der Waals surface area contributed by atoms with Gasteiger partial charge in [-0.2, -0.15) is 8.42 Å². The average molecular weight is 272 g/mol. The summed E-state index contributed by atoms with van der Waals surface area (Å²) in [6, 6.07) is 11.2. The highest BCUT2D eigenvalue weighted by atomic mass is 32.2. The summed E-state index contributed by atoms with van der Waals surface area (Å²) >= 11 is 0. The van der Waals surface area contributed by atoms with Crippen LogP contribution in [0, 0.1) is 0 Å². The average Bonchev–Trinajstić information content (AvgIpc) is 2.86. The Morgan fingerprint density at radius 3 is 2.58 bits per heavy atom. The zero-order valence-electron chi connectivity index (χ0n) is 9.61. The van der Waals surface area contributed by atoms with Gasteiger partial charge in [0.05, 0.1) is 11.0 Å².